The van der Waals surface area contributed by atoms with Gasteiger partial charge in [0.25, 0.3) is 5.91 Å². The van der Waals surface area contributed by atoms with Crippen LogP contribution in [0.1, 0.15) is 35.3 Å². The summed E-state index contributed by atoms with van der Waals surface area (Å²) in [5, 5.41) is 5.88. The monoisotopic (exact) mass is 422 g/mol. The quantitative estimate of drug-likeness (QED) is 0.748. The number of nitrogens with zero attached hydrogens (tertiary/aromatic N) is 2. The molecule has 1 aliphatic heterocycles. The molecule has 3 rings (SSSR count). The van der Waals surface area contributed by atoms with Crippen molar-refractivity contribution in [3.63, 3.8) is 0 Å². The lowest BCUT2D eigenvalue weighted by molar-refractivity contribution is -0.118. The molecule has 2 aromatic carbocycles. The second kappa shape index (κ2) is 9.96. The fourth-order valence-corrected chi connectivity index (χ4v) is 3.82. The number of amides is 2. The Morgan fingerprint density at radius 2 is 1.58 bits per heavy atom. The zero-order valence-corrected chi connectivity index (χ0v) is 19.2. The number of hydrogen-bond donors (Lipinski definition) is 2. The van der Waals surface area contributed by atoms with Crippen LogP contribution in [-0.4, -0.2) is 56.0 Å². The Bertz CT molecular complexity index is 916. The number of piperazine rings is 1. The van der Waals surface area contributed by atoms with Crippen molar-refractivity contribution in [2.45, 2.75) is 33.7 Å². The normalized spacial score (nSPS) is 15.6. The summed E-state index contributed by atoms with van der Waals surface area (Å²) in [4.78, 5) is 30.3. The van der Waals surface area contributed by atoms with Crippen LogP contribution in [0.3, 0.4) is 0 Å². The number of nitrogens with one attached hydrogen (secondary N) is 2. The van der Waals surface area contributed by atoms with Crippen molar-refractivity contribution < 1.29 is 9.59 Å². The van der Waals surface area contributed by atoms with Crippen LogP contribution in [0.5, 0.6) is 0 Å². The summed E-state index contributed by atoms with van der Waals surface area (Å²) in [6.45, 7) is 12.0. The molecule has 1 unspecified atom stereocenters. The van der Waals surface area contributed by atoms with Gasteiger partial charge >= 0.3 is 0 Å². The molecular formula is C25H34N4O2. The van der Waals surface area contributed by atoms with E-state index in [9.17, 15) is 9.59 Å². The predicted molar refractivity (Wildman–Crippen MR) is 127 cm³/mol. The van der Waals surface area contributed by atoms with Crippen molar-refractivity contribution in [3.8, 4) is 0 Å². The molecule has 1 heterocycles. The van der Waals surface area contributed by atoms with Crippen LogP contribution < -0.4 is 15.5 Å². The van der Waals surface area contributed by atoms with Gasteiger partial charge in [0.15, 0.2) is 0 Å². The third-order valence-electron chi connectivity index (χ3n) is 5.86. The Morgan fingerprint density at radius 1 is 0.935 bits per heavy atom. The van der Waals surface area contributed by atoms with Crippen LogP contribution in [0.4, 0.5) is 11.4 Å². The van der Waals surface area contributed by atoms with Crippen molar-refractivity contribution in [3.05, 3.63) is 59.2 Å². The predicted octanol–water partition coefficient (Wildman–Crippen LogP) is 3.45. The minimum absolute atomic E-state index is 0.0416. The van der Waals surface area contributed by atoms with Gasteiger partial charge in [-0.2, -0.15) is 0 Å². The van der Waals surface area contributed by atoms with E-state index in [4.69, 9.17) is 0 Å². The van der Waals surface area contributed by atoms with Gasteiger partial charge in [-0.3, -0.25) is 9.59 Å². The van der Waals surface area contributed by atoms with E-state index in [0.29, 0.717) is 5.56 Å². The Balaban J connectivity index is 1.67. The van der Waals surface area contributed by atoms with Gasteiger partial charge in [0.1, 0.15) is 6.04 Å². The van der Waals surface area contributed by atoms with E-state index in [1.54, 1.807) is 12.1 Å². The molecule has 31 heavy (non-hydrogen) atoms. The molecule has 2 N–H and O–H groups in total. The average molecular weight is 423 g/mol. The molecule has 0 spiro atoms. The number of carbonyl (C=O) groups excluding carboxylic acids is 2. The van der Waals surface area contributed by atoms with Gasteiger partial charge in [0.2, 0.25) is 5.91 Å². The fourth-order valence-electron chi connectivity index (χ4n) is 3.82. The molecule has 6 nitrogen and oxygen atoms in total. The summed E-state index contributed by atoms with van der Waals surface area (Å²) in [5.41, 5.74) is 4.73. The first-order chi connectivity index (χ1) is 14.7. The molecule has 1 saturated heterocycles. The topological polar surface area (TPSA) is 64.7 Å². The number of carbonyl (C=O) groups is 2. The van der Waals surface area contributed by atoms with Crippen molar-refractivity contribution in [1.29, 1.82) is 0 Å². The Hall–Kier alpha value is -2.86. The smallest absolute Gasteiger partial charge is 0.251 e. The maximum absolute atomic E-state index is 13.0. The third kappa shape index (κ3) is 5.85. The molecule has 0 bridgehead atoms. The van der Waals surface area contributed by atoms with Gasteiger partial charge in [0, 0.05) is 43.1 Å². The molecule has 2 aromatic rings. The minimum atomic E-state index is -0.619. The van der Waals surface area contributed by atoms with Crippen LogP contribution >= 0.6 is 0 Å². The highest BCUT2D eigenvalue weighted by atomic mass is 16.2. The van der Waals surface area contributed by atoms with E-state index in [1.165, 1.54) is 5.69 Å². The highest BCUT2D eigenvalue weighted by Gasteiger charge is 2.25. The molecule has 0 radical (unpaired) electrons. The van der Waals surface area contributed by atoms with Crippen LogP contribution in [0.2, 0.25) is 0 Å². The summed E-state index contributed by atoms with van der Waals surface area (Å²) in [6, 6.07) is 12.7. The standard InChI is InChI=1S/C25H34N4O2/c1-17(2)23(27-24(30)20-8-6-18(3)7-9-20)25(31)26-21-10-11-22(19(4)16-21)29-14-12-28(5)13-15-29/h6-11,16-17,23H,12-15H2,1-5H3,(H,26,31)(H,27,30). The van der Waals surface area contributed by atoms with Gasteiger partial charge in [-0.1, -0.05) is 31.5 Å². The van der Waals surface area contributed by atoms with Crippen molar-refractivity contribution in [2.24, 2.45) is 5.92 Å². The summed E-state index contributed by atoms with van der Waals surface area (Å²) in [6.07, 6.45) is 0. The number of benzene rings is 2. The molecule has 0 aliphatic carbocycles. The van der Waals surface area contributed by atoms with Crippen LogP contribution in [0, 0.1) is 19.8 Å². The molecular weight excluding hydrogens is 388 g/mol. The molecule has 0 aromatic heterocycles. The molecule has 1 atom stereocenters. The number of hydrogen-bond acceptors (Lipinski definition) is 4. The van der Waals surface area contributed by atoms with Crippen molar-refractivity contribution in [2.75, 3.05) is 43.4 Å². The first kappa shape index (κ1) is 22.8. The molecule has 166 valence electrons. The van der Waals surface area contributed by atoms with Gasteiger partial charge in [-0.05, 0) is 62.7 Å². The number of likely N-dealkylation sites (N-methyl/N-ethyl adjacent to an activating group) is 1. The largest absolute Gasteiger partial charge is 0.369 e. The first-order valence-electron chi connectivity index (χ1n) is 11.0. The van der Waals surface area contributed by atoms with E-state index in [-0.39, 0.29) is 17.7 Å². The van der Waals surface area contributed by atoms with E-state index < -0.39 is 6.04 Å². The van der Waals surface area contributed by atoms with Gasteiger partial charge in [-0.15, -0.1) is 0 Å². The molecule has 1 aliphatic rings. The zero-order chi connectivity index (χ0) is 22.5. The van der Waals surface area contributed by atoms with Gasteiger partial charge in [0.05, 0.1) is 0 Å². The minimum Gasteiger partial charge on any atom is -0.369 e. The van der Waals surface area contributed by atoms with E-state index in [1.807, 2.05) is 45.0 Å². The van der Waals surface area contributed by atoms with Gasteiger partial charge < -0.3 is 20.4 Å². The maximum atomic E-state index is 13.0. The Kier molecular flexibility index (Phi) is 7.33. The van der Waals surface area contributed by atoms with Crippen LogP contribution in [0.15, 0.2) is 42.5 Å². The van der Waals surface area contributed by atoms with Crippen molar-refractivity contribution in [1.82, 2.24) is 10.2 Å². The summed E-state index contributed by atoms with van der Waals surface area (Å²) in [5.74, 6) is -0.488. The average Bonchev–Trinajstić information content (AvgIpc) is 2.73. The van der Waals surface area contributed by atoms with Crippen LogP contribution in [-0.2, 0) is 4.79 Å². The van der Waals surface area contributed by atoms with Crippen LogP contribution in [0.25, 0.3) is 0 Å². The fraction of sp³-hybridized carbons (Fsp3) is 0.440. The van der Waals surface area contributed by atoms with E-state index in [2.05, 4.69) is 40.5 Å². The SMILES string of the molecule is Cc1ccc(C(=O)NC(C(=O)Nc2ccc(N3CCN(C)CC3)c(C)c2)C(C)C)cc1. The highest BCUT2D eigenvalue weighted by Crippen LogP contribution is 2.25. The highest BCUT2D eigenvalue weighted by molar-refractivity contribution is 6.01. The summed E-state index contributed by atoms with van der Waals surface area (Å²) in [7, 11) is 2.14. The van der Waals surface area contributed by atoms with E-state index >= 15 is 0 Å². The van der Waals surface area contributed by atoms with Gasteiger partial charge in [-0.25, -0.2) is 0 Å². The number of anilines is 2. The third-order valence-corrected chi connectivity index (χ3v) is 5.86. The lowest BCUT2D eigenvalue weighted by Crippen LogP contribution is -2.47. The lowest BCUT2D eigenvalue weighted by Gasteiger charge is -2.35. The second-order valence-corrected chi connectivity index (χ2v) is 8.84. The zero-order valence-electron chi connectivity index (χ0n) is 19.2. The number of rotatable bonds is 6. The summed E-state index contributed by atoms with van der Waals surface area (Å²) < 4.78 is 0. The van der Waals surface area contributed by atoms with Crippen molar-refractivity contribution >= 4 is 23.2 Å². The van der Waals surface area contributed by atoms with E-state index in [0.717, 1.165) is 43.0 Å². The maximum Gasteiger partial charge on any atom is 0.251 e. The first-order valence-corrected chi connectivity index (χ1v) is 11.0. The second-order valence-electron chi connectivity index (χ2n) is 8.84. The molecule has 1 fully saturated rings. The number of aryl methyl sites for hydroxylation is 2. The lowest BCUT2D eigenvalue weighted by atomic mass is 10.0. The Labute approximate surface area is 185 Å². The molecule has 6 heteroatoms. The summed E-state index contributed by atoms with van der Waals surface area (Å²) >= 11 is 0. The Morgan fingerprint density at radius 3 is 2.16 bits per heavy atom. The molecule has 0 saturated carbocycles. The molecule has 2 amide bonds.